The lowest BCUT2D eigenvalue weighted by molar-refractivity contribution is 0.170. The molecule has 3 rings (SSSR count). The molecule has 0 saturated heterocycles. The van der Waals surface area contributed by atoms with Crippen LogP contribution < -0.4 is 0 Å². The second-order valence-corrected chi connectivity index (χ2v) is 8.97. The lowest BCUT2D eigenvalue weighted by Gasteiger charge is -2.38. The molecule has 0 nitrogen and oxygen atoms in total. The minimum absolute atomic E-state index is 0.496. The second-order valence-electron chi connectivity index (χ2n) is 8.97. The van der Waals surface area contributed by atoms with Gasteiger partial charge >= 0.3 is 0 Å². The summed E-state index contributed by atoms with van der Waals surface area (Å²) >= 11 is 0. The van der Waals surface area contributed by atoms with Gasteiger partial charge in [-0.3, -0.25) is 0 Å². The number of hydrogen-bond donors (Lipinski definition) is 0. The fourth-order valence-corrected chi connectivity index (χ4v) is 5.06. The van der Waals surface area contributed by atoms with Crippen LogP contribution in [0.25, 0.3) is 0 Å². The molecule has 0 aromatic heterocycles. The molecule has 21 heavy (non-hydrogen) atoms. The molecular weight excluding hydrogens is 252 g/mol. The Morgan fingerprint density at radius 3 is 2.24 bits per heavy atom. The van der Waals surface area contributed by atoms with Crippen LogP contribution in [0.4, 0.5) is 0 Å². The molecule has 120 valence electrons. The van der Waals surface area contributed by atoms with E-state index in [0.29, 0.717) is 10.8 Å². The molecule has 0 heteroatoms. The number of allylic oxidation sites excluding steroid dienone is 2. The summed E-state index contributed by atoms with van der Waals surface area (Å²) in [6.07, 6.45) is 15.4. The first-order chi connectivity index (χ1) is 9.95. The van der Waals surface area contributed by atoms with E-state index in [0.717, 1.165) is 29.6 Å². The van der Waals surface area contributed by atoms with Crippen molar-refractivity contribution in [2.24, 2.45) is 40.4 Å². The lowest BCUT2D eigenvalue weighted by Crippen LogP contribution is -2.29. The SMILES string of the molecule is CCC1CC1CCC(C=CC1CC1C)(CC)C1(C)CC1C. The van der Waals surface area contributed by atoms with Crippen molar-refractivity contribution in [2.45, 2.75) is 79.6 Å². The van der Waals surface area contributed by atoms with Crippen molar-refractivity contribution in [2.75, 3.05) is 0 Å². The van der Waals surface area contributed by atoms with Crippen molar-refractivity contribution >= 4 is 0 Å². The van der Waals surface area contributed by atoms with Gasteiger partial charge in [-0.2, -0.15) is 0 Å². The Labute approximate surface area is 132 Å². The average Bonchev–Trinajstić information content (AvgIpc) is 3.38. The molecular formula is C21H36. The van der Waals surface area contributed by atoms with Gasteiger partial charge in [0.2, 0.25) is 0 Å². The summed E-state index contributed by atoms with van der Waals surface area (Å²) in [4.78, 5) is 0. The van der Waals surface area contributed by atoms with Gasteiger partial charge in [0.1, 0.15) is 0 Å². The maximum atomic E-state index is 2.70. The first-order valence-corrected chi connectivity index (χ1v) is 9.65. The monoisotopic (exact) mass is 288 g/mol. The largest absolute Gasteiger partial charge is 0.0846 e. The smallest absolute Gasteiger partial charge is 0.00642 e. The Hall–Kier alpha value is -0.260. The molecule has 0 amide bonds. The van der Waals surface area contributed by atoms with E-state index in [1.165, 1.54) is 44.9 Å². The molecule has 3 aliphatic carbocycles. The normalized spacial score (nSPS) is 47.4. The van der Waals surface area contributed by atoms with Crippen LogP contribution >= 0.6 is 0 Å². The van der Waals surface area contributed by atoms with Gasteiger partial charge < -0.3 is 0 Å². The third kappa shape index (κ3) is 2.84. The van der Waals surface area contributed by atoms with Crippen LogP contribution in [0.5, 0.6) is 0 Å². The van der Waals surface area contributed by atoms with E-state index in [-0.39, 0.29) is 0 Å². The zero-order chi connectivity index (χ0) is 15.3. The third-order valence-corrected chi connectivity index (χ3v) is 7.81. The lowest BCUT2D eigenvalue weighted by atomic mass is 9.66. The standard InChI is InChI=1S/C21H36/c1-6-17-13-19(17)9-11-21(7-2,20(5)14-16(20)4)10-8-18-12-15(18)3/h8,10,15-19H,6-7,9,11-14H2,1-5H3. The van der Waals surface area contributed by atoms with Gasteiger partial charge in [0.15, 0.2) is 0 Å². The van der Waals surface area contributed by atoms with Gasteiger partial charge in [0.05, 0.1) is 0 Å². The fraction of sp³-hybridized carbons (Fsp3) is 0.905. The maximum absolute atomic E-state index is 2.70. The summed E-state index contributed by atoms with van der Waals surface area (Å²) in [6, 6.07) is 0. The molecule has 0 aliphatic heterocycles. The Morgan fingerprint density at radius 1 is 1.14 bits per heavy atom. The highest BCUT2D eigenvalue weighted by Gasteiger charge is 2.59. The zero-order valence-corrected chi connectivity index (χ0v) is 15.0. The number of hydrogen-bond acceptors (Lipinski definition) is 0. The van der Waals surface area contributed by atoms with Crippen molar-refractivity contribution < 1.29 is 0 Å². The summed E-state index contributed by atoms with van der Waals surface area (Å²) in [5, 5.41) is 0. The molecule has 0 bridgehead atoms. The van der Waals surface area contributed by atoms with Crippen LogP contribution in [-0.4, -0.2) is 0 Å². The Morgan fingerprint density at radius 2 is 1.81 bits per heavy atom. The molecule has 3 fully saturated rings. The quantitative estimate of drug-likeness (QED) is 0.449. The predicted octanol–water partition coefficient (Wildman–Crippen LogP) is 6.47. The van der Waals surface area contributed by atoms with Crippen LogP contribution in [0.3, 0.4) is 0 Å². The van der Waals surface area contributed by atoms with Gasteiger partial charge in [0, 0.05) is 0 Å². The highest BCUT2D eigenvalue weighted by molar-refractivity contribution is 5.18. The predicted molar refractivity (Wildman–Crippen MR) is 92.1 cm³/mol. The summed E-state index contributed by atoms with van der Waals surface area (Å²) in [5.41, 5.74) is 1.09. The molecule has 0 aromatic carbocycles. The van der Waals surface area contributed by atoms with Gasteiger partial charge in [-0.1, -0.05) is 53.2 Å². The maximum Gasteiger partial charge on any atom is -0.00642 e. The van der Waals surface area contributed by atoms with Crippen molar-refractivity contribution in [1.82, 2.24) is 0 Å². The van der Waals surface area contributed by atoms with Crippen LogP contribution in [0.15, 0.2) is 12.2 Å². The second kappa shape index (κ2) is 5.43. The van der Waals surface area contributed by atoms with E-state index in [4.69, 9.17) is 0 Å². The highest BCUT2D eigenvalue weighted by Crippen LogP contribution is 2.67. The zero-order valence-electron chi connectivity index (χ0n) is 15.0. The van der Waals surface area contributed by atoms with Crippen LogP contribution in [0.2, 0.25) is 0 Å². The first-order valence-electron chi connectivity index (χ1n) is 9.65. The Kier molecular flexibility index (Phi) is 4.04. The molecule has 7 atom stereocenters. The molecule has 3 aliphatic rings. The molecule has 0 N–H and O–H groups in total. The third-order valence-electron chi connectivity index (χ3n) is 7.81. The molecule has 0 aromatic rings. The van der Waals surface area contributed by atoms with E-state index in [2.05, 4.69) is 46.8 Å². The van der Waals surface area contributed by atoms with E-state index in [9.17, 15) is 0 Å². The van der Waals surface area contributed by atoms with Crippen molar-refractivity contribution in [3.8, 4) is 0 Å². The first kappa shape index (κ1) is 15.6. The van der Waals surface area contributed by atoms with Gasteiger partial charge in [-0.25, -0.2) is 0 Å². The molecule has 0 heterocycles. The van der Waals surface area contributed by atoms with E-state index >= 15 is 0 Å². The van der Waals surface area contributed by atoms with Crippen LogP contribution in [0, 0.1) is 40.4 Å². The summed E-state index contributed by atoms with van der Waals surface area (Å²) in [6.45, 7) is 12.3. The minimum Gasteiger partial charge on any atom is -0.0846 e. The topological polar surface area (TPSA) is 0 Å². The molecule has 0 radical (unpaired) electrons. The molecule has 3 saturated carbocycles. The van der Waals surface area contributed by atoms with E-state index < -0.39 is 0 Å². The van der Waals surface area contributed by atoms with Gasteiger partial charge in [-0.15, -0.1) is 0 Å². The average molecular weight is 289 g/mol. The van der Waals surface area contributed by atoms with E-state index in [1.807, 2.05) is 0 Å². The Balaban J connectivity index is 1.68. The van der Waals surface area contributed by atoms with Crippen molar-refractivity contribution in [3.63, 3.8) is 0 Å². The minimum atomic E-state index is 0.496. The summed E-state index contributed by atoms with van der Waals surface area (Å²) in [7, 11) is 0. The van der Waals surface area contributed by atoms with Crippen LogP contribution in [0.1, 0.15) is 79.6 Å². The molecule has 0 spiro atoms. The molecule has 7 unspecified atom stereocenters. The number of rotatable bonds is 8. The van der Waals surface area contributed by atoms with Crippen LogP contribution in [-0.2, 0) is 0 Å². The highest BCUT2D eigenvalue weighted by atomic mass is 14.6. The van der Waals surface area contributed by atoms with Crippen molar-refractivity contribution in [3.05, 3.63) is 12.2 Å². The fourth-order valence-electron chi connectivity index (χ4n) is 5.06. The Bertz CT molecular complexity index is 408. The summed E-state index contributed by atoms with van der Waals surface area (Å²) in [5.74, 6) is 4.91. The van der Waals surface area contributed by atoms with Gasteiger partial charge in [-0.05, 0) is 78.9 Å². The van der Waals surface area contributed by atoms with Crippen molar-refractivity contribution in [1.29, 1.82) is 0 Å². The summed E-state index contributed by atoms with van der Waals surface area (Å²) < 4.78 is 0. The van der Waals surface area contributed by atoms with Gasteiger partial charge in [0.25, 0.3) is 0 Å². The van der Waals surface area contributed by atoms with E-state index in [1.54, 1.807) is 0 Å².